The Kier molecular flexibility index (Phi) is 12.9. The van der Waals surface area contributed by atoms with Gasteiger partial charge in [0.1, 0.15) is 17.3 Å². The minimum Gasteiger partial charge on any atom is -0.498 e. The fraction of sp³-hybridized carbons (Fsp3) is 0.328. The molecule has 6 heteroatoms. The number of pyridine rings is 2. The van der Waals surface area contributed by atoms with Crippen LogP contribution in [0, 0.1) is 23.5 Å². The van der Waals surface area contributed by atoms with Gasteiger partial charge in [0, 0.05) is 48.7 Å². The Labute approximate surface area is 412 Å². The van der Waals surface area contributed by atoms with Crippen molar-refractivity contribution in [1.29, 1.82) is 5.26 Å². The zero-order valence-corrected chi connectivity index (χ0v) is 44.4. The zero-order chi connectivity index (χ0) is 47.7. The molecule has 345 valence electrons. The molecule has 1 radical (unpaired) electrons. The summed E-state index contributed by atoms with van der Waals surface area (Å²) in [5, 5.41) is 15.1. The second-order valence-corrected chi connectivity index (χ2v) is 23.0. The summed E-state index contributed by atoms with van der Waals surface area (Å²) in [7, 11) is 0. The minimum absolute atomic E-state index is 0. The normalized spacial score (nSPS) is 12.6. The van der Waals surface area contributed by atoms with Gasteiger partial charge in [-0.05, 0) is 85.0 Å². The summed E-state index contributed by atoms with van der Waals surface area (Å²) in [5.74, 6) is 0. The van der Waals surface area contributed by atoms with Crippen molar-refractivity contribution < 1.29 is 24.5 Å². The van der Waals surface area contributed by atoms with Crippen molar-refractivity contribution in [3.8, 4) is 34.3 Å². The SMILES string of the molecule is CC(C)(C)c1ccc(-c2[c-]cccc2)nc1.CC(C)(C)c1ccnc(-c2[c-]cc(C(C)(C)C)c3c2oc2c(-n4c5cc(C(C)(C)C)ccc5c5ccc(C(C)(C)C)cc54)c(C#N)ccc23)c1.[Ir]. The van der Waals surface area contributed by atoms with Crippen LogP contribution in [0.2, 0.25) is 0 Å². The number of rotatable bonds is 3. The second-order valence-electron chi connectivity index (χ2n) is 23.0. The van der Waals surface area contributed by atoms with Crippen molar-refractivity contribution in [2.45, 2.75) is 131 Å². The summed E-state index contributed by atoms with van der Waals surface area (Å²) < 4.78 is 9.44. The Morgan fingerprint density at radius 1 is 0.552 bits per heavy atom. The molecule has 0 saturated carbocycles. The Morgan fingerprint density at radius 3 is 1.63 bits per heavy atom. The van der Waals surface area contributed by atoms with E-state index in [0.717, 1.165) is 71.9 Å². The van der Waals surface area contributed by atoms with Crippen molar-refractivity contribution in [2.24, 2.45) is 0 Å². The molecule has 9 rings (SSSR count). The van der Waals surface area contributed by atoms with Gasteiger partial charge in [0.25, 0.3) is 0 Å². The van der Waals surface area contributed by atoms with Crippen LogP contribution in [0.4, 0.5) is 0 Å². The summed E-state index contributed by atoms with van der Waals surface area (Å²) in [6.45, 7) is 33.4. The van der Waals surface area contributed by atoms with E-state index >= 15 is 0 Å². The number of furan rings is 1. The first-order valence-corrected chi connectivity index (χ1v) is 23.2. The van der Waals surface area contributed by atoms with E-state index in [9.17, 15) is 5.26 Å². The Morgan fingerprint density at radius 2 is 1.12 bits per heavy atom. The fourth-order valence-electron chi connectivity index (χ4n) is 8.74. The van der Waals surface area contributed by atoms with Crippen LogP contribution in [0.25, 0.3) is 71.9 Å². The smallest absolute Gasteiger partial charge is 0.146 e. The van der Waals surface area contributed by atoms with Crippen LogP contribution in [-0.2, 0) is 47.2 Å². The number of fused-ring (bicyclic) bond motifs is 6. The maximum atomic E-state index is 10.8. The molecule has 0 aliphatic heterocycles. The molecule has 0 atom stereocenters. The quantitative estimate of drug-likeness (QED) is 0.165. The summed E-state index contributed by atoms with van der Waals surface area (Å²) in [6.07, 6.45) is 3.84. The molecule has 0 bridgehead atoms. The molecule has 0 aliphatic rings. The monoisotopic (exact) mass is 1060 g/mol. The van der Waals surface area contributed by atoms with Gasteiger partial charge in [-0.3, -0.25) is 0 Å². The van der Waals surface area contributed by atoms with E-state index in [2.05, 4.69) is 204 Å². The van der Waals surface area contributed by atoms with E-state index in [4.69, 9.17) is 9.40 Å². The number of benzene rings is 5. The Balaban J connectivity index is 0.000000331. The maximum absolute atomic E-state index is 10.8. The number of nitriles is 1. The van der Waals surface area contributed by atoms with Crippen LogP contribution in [0.15, 0.2) is 120 Å². The first-order valence-electron chi connectivity index (χ1n) is 23.2. The molecule has 5 aromatic carbocycles. The molecule has 4 aromatic heterocycles. The molecule has 67 heavy (non-hydrogen) atoms. The third kappa shape index (κ3) is 9.52. The molecule has 0 aliphatic carbocycles. The van der Waals surface area contributed by atoms with E-state index in [-0.39, 0.29) is 47.2 Å². The molecular formula is C61H64IrN4O-2. The van der Waals surface area contributed by atoms with Gasteiger partial charge in [-0.15, -0.1) is 53.6 Å². The van der Waals surface area contributed by atoms with Crippen molar-refractivity contribution in [3.05, 3.63) is 161 Å². The van der Waals surface area contributed by atoms with Crippen LogP contribution in [-0.4, -0.2) is 14.5 Å². The van der Waals surface area contributed by atoms with Gasteiger partial charge in [0.05, 0.1) is 22.2 Å². The summed E-state index contributed by atoms with van der Waals surface area (Å²) >= 11 is 0. The van der Waals surface area contributed by atoms with Gasteiger partial charge < -0.3 is 19.0 Å². The minimum atomic E-state index is -0.186. The Hall–Kier alpha value is -5.86. The first-order chi connectivity index (χ1) is 30.9. The van der Waals surface area contributed by atoms with Crippen molar-refractivity contribution in [1.82, 2.24) is 14.5 Å². The summed E-state index contributed by atoms with van der Waals surface area (Å²) in [6, 6.07) is 45.4. The van der Waals surface area contributed by atoms with Gasteiger partial charge in [-0.25, -0.2) is 0 Å². The van der Waals surface area contributed by atoms with E-state index in [1.54, 1.807) is 0 Å². The number of nitrogens with zero attached hydrogens (tertiary/aromatic N) is 4. The number of aromatic nitrogens is 3. The largest absolute Gasteiger partial charge is 0.498 e. The standard InChI is InChI=1S/C46H48N3O.C15H16N.Ir/c1-43(2,3)28-14-17-31-32-18-15-29(44(4,5)6)25-38(32)49(37(31)24-28)40-27(26-47)13-16-34-39-35(46(10,11)12)20-19-33(41(39)50-42(34)40)36-23-30(21-22-48-36)45(7,8)9;1-15(2,3)13-9-10-14(16-11-13)12-7-5-4-6-8-12;/h13-18,20-25H,1-12H3;4-7,9-11H,1-3H3;/q2*-1;. The van der Waals surface area contributed by atoms with Crippen molar-refractivity contribution >= 4 is 43.7 Å². The fourth-order valence-corrected chi connectivity index (χ4v) is 8.74. The molecule has 4 heterocycles. The Bertz CT molecular complexity index is 3240. The molecular weight excluding hydrogens is 997 g/mol. The molecule has 9 aromatic rings. The third-order valence-corrected chi connectivity index (χ3v) is 12.8. The third-order valence-electron chi connectivity index (χ3n) is 12.8. The molecule has 0 spiro atoms. The van der Waals surface area contributed by atoms with Crippen LogP contribution in [0.3, 0.4) is 0 Å². The second kappa shape index (κ2) is 17.7. The molecule has 0 unspecified atom stereocenters. The van der Waals surface area contributed by atoms with Crippen molar-refractivity contribution in [2.75, 3.05) is 0 Å². The molecule has 0 N–H and O–H groups in total. The molecule has 0 saturated heterocycles. The van der Waals surface area contributed by atoms with Gasteiger partial charge in [-0.1, -0.05) is 163 Å². The van der Waals surface area contributed by atoms with Gasteiger partial charge >= 0.3 is 0 Å². The molecule has 5 nitrogen and oxygen atoms in total. The van der Waals surface area contributed by atoms with Gasteiger partial charge in [0.2, 0.25) is 0 Å². The molecule has 0 fully saturated rings. The van der Waals surface area contributed by atoms with Crippen LogP contribution in [0.5, 0.6) is 0 Å². The van der Waals surface area contributed by atoms with Crippen molar-refractivity contribution in [3.63, 3.8) is 0 Å². The number of hydrogen-bond acceptors (Lipinski definition) is 4. The van der Waals surface area contributed by atoms with Gasteiger partial charge in [-0.2, -0.15) is 5.26 Å². The summed E-state index contributed by atoms with van der Waals surface area (Å²) in [4.78, 5) is 9.32. The van der Waals surface area contributed by atoms with E-state index in [1.165, 1.54) is 22.3 Å². The first kappa shape index (κ1) is 49.1. The zero-order valence-electron chi connectivity index (χ0n) is 42.0. The van der Waals surface area contributed by atoms with Gasteiger partial charge in [0.15, 0.2) is 0 Å². The topological polar surface area (TPSA) is 67.6 Å². The van der Waals surface area contributed by atoms with E-state index < -0.39 is 0 Å². The van der Waals surface area contributed by atoms with E-state index in [0.29, 0.717) is 11.1 Å². The van der Waals surface area contributed by atoms with Crippen LogP contribution >= 0.6 is 0 Å². The average Bonchev–Trinajstić information content (AvgIpc) is 3.80. The van der Waals surface area contributed by atoms with Crippen LogP contribution in [0.1, 0.15) is 137 Å². The average molecular weight is 1060 g/mol. The van der Waals surface area contributed by atoms with E-state index in [1.807, 2.05) is 42.7 Å². The maximum Gasteiger partial charge on any atom is 0.146 e. The molecule has 0 amide bonds. The van der Waals surface area contributed by atoms with Crippen LogP contribution < -0.4 is 0 Å². The summed E-state index contributed by atoms with van der Waals surface area (Å²) in [5.41, 5.74) is 14.4. The predicted octanol–water partition coefficient (Wildman–Crippen LogP) is 16.5. The predicted molar refractivity (Wildman–Crippen MR) is 277 cm³/mol. The number of hydrogen-bond donors (Lipinski definition) is 0.